The van der Waals surface area contributed by atoms with Gasteiger partial charge in [0.2, 0.25) is 0 Å². The molecule has 0 aromatic heterocycles. The number of carboxylic acids is 1. The Balaban J connectivity index is 2.38. The van der Waals surface area contributed by atoms with E-state index in [2.05, 4.69) is 4.74 Å². The fraction of sp³-hybridized carbons (Fsp3) is 0.294. The standard InChI is InChI=1S/C17H17NO8S/c1-9(16(21)22)26-14-10(5-4-6-11(14)24-2)7-12-15(20)18(17(23)27-12)8-13(19)25-3/h4-7,9H,8H2,1-3H3,(H,21,22)/b12-7+/t9-/m0/s1. The van der Waals surface area contributed by atoms with Crippen molar-refractivity contribution in [3.8, 4) is 11.5 Å². The first-order valence-electron chi connectivity index (χ1n) is 7.67. The highest BCUT2D eigenvalue weighted by atomic mass is 32.2. The molecule has 9 nitrogen and oxygen atoms in total. The highest BCUT2D eigenvalue weighted by Crippen LogP contribution is 2.37. The summed E-state index contributed by atoms with van der Waals surface area (Å²) in [6.45, 7) is 0.860. The van der Waals surface area contributed by atoms with Gasteiger partial charge in [-0.3, -0.25) is 19.3 Å². The Labute approximate surface area is 158 Å². The van der Waals surface area contributed by atoms with Crippen molar-refractivity contribution in [2.45, 2.75) is 13.0 Å². The molecule has 0 aliphatic carbocycles. The molecule has 0 spiro atoms. The van der Waals surface area contributed by atoms with E-state index in [0.29, 0.717) is 17.3 Å². The number of hydrogen-bond donors (Lipinski definition) is 1. The lowest BCUT2D eigenvalue weighted by molar-refractivity contribution is -0.144. The summed E-state index contributed by atoms with van der Waals surface area (Å²) in [6, 6.07) is 4.78. The number of ether oxygens (including phenoxy) is 3. The number of esters is 1. The van der Waals surface area contributed by atoms with Gasteiger partial charge < -0.3 is 19.3 Å². The summed E-state index contributed by atoms with van der Waals surface area (Å²) in [5.41, 5.74) is 0.353. The van der Waals surface area contributed by atoms with E-state index in [1.54, 1.807) is 18.2 Å². The number of benzene rings is 1. The summed E-state index contributed by atoms with van der Waals surface area (Å²) in [6.07, 6.45) is 0.219. The molecule has 1 saturated heterocycles. The summed E-state index contributed by atoms with van der Waals surface area (Å²) in [7, 11) is 2.54. The summed E-state index contributed by atoms with van der Waals surface area (Å²) in [4.78, 5) is 47.7. The van der Waals surface area contributed by atoms with Crippen molar-refractivity contribution >= 4 is 40.9 Å². The zero-order chi connectivity index (χ0) is 20.1. The van der Waals surface area contributed by atoms with Crippen LogP contribution in [0.15, 0.2) is 23.1 Å². The highest BCUT2D eigenvalue weighted by molar-refractivity contribution is 8.18. The number of amides is 2. The van der Waals surface area contributed by atoms with Crippen LogP contribution in [-0.2, 0) is 19.1 Å². The quantitative estimate of drug-likeness (QED) is 0.544. The molecule has 144 valence electrons. The van der Waals surface area contributed by atoms with Crippen LogP contribution in [0, 0.1) is 0 Å². The smallest absolute Gasteiger partial charge is 0.344 e. The Bertz CT molecular complexity index is 819. The lowest BCUT2D eigenvalue weighted by Gasteiger charge is -2.16. The number of rotatable bonds is 7. The van der Waals surface area contributed by atoms with Gasteiger partial charge >= 0.3 is 11.9 Å². The molecule has 0 radical (unpaired) electrons. The third kappa shape index (κ3) is 4.59. The molecular formula is C17H17NO8S. The number of aliphatic carboxylic acids is 1. The maximum absolute atomic E-state index is 12.4. The summed E-state index contributed by atoms with van der Waals surface area (Å²) in [5, 5.41) is 8.46. The second-order valence-electron chi connectivity index (χ2n) is 5.32. The van der Waals surface area contributed by atoms with E-state index in [1.807, 2.05) is 0 Å². The van der Waals surface area contributed by atoms with Gasteiger partial charge in [0.25, 0.3) is 11.1 Å². The minimum Gasteiger partial charge on any atom is -0.493 e. The van der Waals surface area contributed by atoms with Gasteiger partial charge in [-0.15, -0.1) is 0 Å². The van der Waals surface area contributed by atoms with Crippen molar-refractivity contribution in [1.29, 1.82) is 0 Å². The second-order valence-corrected chi connectivity index (χ2v) is 6.31. The van der Waals surface area contributed by atoms with Crippen molar-refractivity contribution in [1.82, 2.24) is 4.90 Å². The van der Waals surface area contributed by atoms with Gasteiger partial charge in [0.05, 0.1) is 19.1 Å². The minimum atomic E-state index is -1.18. The number of nitrogens with zero attached hydrogens (tertiary/aromatic N) is 1. The Kier molecular flexibility index (Phi) is 6.45. The molecule has 10 heteroatoms. The molecule has 2 rings (SSSR count). The number of methoxy groups -OCH3 is 2. The molecule has 1 fully saturated rings. The highest BCUT2D eigenvalue weighted by Gasteiger charge is 2.36. The lowest BCUT2D eigenvalue weighted by atomic mass is 10.1. The maximum Gasteiger partial charge on any atom is 0.344 e. The average molecular weight is 395 g/mol. The number of carboxylic acid groups (broad SMARTS) is 1. The van der Waals surface area contributed by atoms with Gasteiger partial charge in [-0.1, -0.05) is 12.1 Å². The predicted octanol–water partition coefficient (Wildman–Crippen LogP) is 1.76. The van der Waals surface area contributed by atoms with E-state index >= 15 is 0 Å². The molecule has 1 aliphatic heterocycles. The number of thioether (sulfide) groups is 1. The van der Waals surface area contributed by atoms with E-state index in [4.69, 9.17) is 14.6 Å². The van der Waals surface area contributed by atoms with Crippen LogP contribution in [0.25, 0.3) is 6.08 Å². The normalized spacial score (nSPS) is 16.4. The zero-order valence-corrected chi connectivity index (χ0v) is 15.6. The fourth-order valence-corrected chi connectivity index (χ4v) is 2.96. The molecular weight excluding hydrogens is 378 g/mol. The number of hydrogen-bond acceptors (Lipinski definition) is 8. The van der Waals surface area contributed by atoms with Gasteiger partial charge in [0.15, 0.2) is 17.6 Å². The third-order valence-electron chi connectivity index (χ3n) is 3.55. The van der Waals surface area contributed by atoms with E-state index in [-0.39, 0.29) is 16.4 Å². The lowest BCUT2D eigenvalue weighted by Crippen LogP contribution is -2.34. The Morgan fingerprint density at radius 1 is 1.30 bits per heavy atom. The molecule has 0 unspecified atom stereocenters. The molecule has 2 amide bonds. The first-order valence-corrected chi connectivity index (χ1v) is 8.48. The van der Waals surface area contributed by atoms with E-state index < -0.39 is 35.7 Å². The number of imide groups is 1. The van der Waals surface area contributed by atoms with Gasteiger partial charge in [0, 0.05) is 5.56 Å². The van der Waals surface area contributed by atoms with Crippen molar-refractivity contribution in [2.24, 2.45) is 0 Å². The zero-order valence-electron chi connectivity index (χ0n) is 14.8. The van der Waals surface area contributed by atoms with E-state index in [9.17, 15) is 19.2 Å². The SMILES string of the molecule is COC(=O)CN1C(=O)S/C(=C/c2cccc(OC)c2O[C@@H](C)C(=O)O)C1=O. The van der Waals surface area contributed by atoms with E-state index in [0.717, 1.165) is 12.0 Å². The van der Waals surface area contributed by atoms with Crippen LogP contribution in [0.1, 0.15) is 12.5 Å². The predicted molar refractivity (Wildman–Crippen MR) is 95.4 cm³/mol. The maximum atomic E-state index is 12.4. The topological polar surface area (TPSA) is 119 Å². The number of carbonyl (C=O) groups excluding carboxylic acids is 3. The van der Waals surface area contributed by atoms with Crippen molar-refractivity contribution in [2.75, 3.05) is 20.8 Å². The molecule has 1 aromatic carbocycles. The Morgan fingerprint density at radius 3 is 2.59 bits per heavy atom. The third-order valence-corrected chi connectivity index (χ3v) is 4.45. The molecule has 1 atom stereocenters. The van der Waals surface area contributed by atoms with Gasteiger partial charge in [-0.05, 0) is 30.8 Å². The fourth-order valence-electron chi connectivity index (χ4n) is 2.13. The summed E-state index contributed by atoms with van der Waals surface area (Å²) < 4.78 is 15.1. The molecule has 0 bridgehead atoms. The van der Waals surface area contributed by atoms with Crippen molar-refractivity contribution < 1.29 is 38.5 Å². The van der Waals surface area contributed by atoms with Crippen LogP contribution >= 0.6 is 11.8 Å². The monoisotopic (exact) mass is 395 g/mol. The van der Waals surface area contributed by atoms with Crippen LogP contribution in [0.3, 0.4) is 0 Å². The first kappa shape index (κ1) is 20.3. The molecule has 1 N–H and O–H groups in total. The van der Waals surface area contributed by atoms with Crippen LogP contribution < -0.4 is 9.47 Å². The first-order chi connectivity index (χ1) is 12.8. The average Bonchev–Trinajstić information content (AvgIpc) is 2.90. The Hall–Kier alpha value is -3.01. The van der Waals surface area contributed by atoms with Gasteiger partial charge in [0.1, 0.15) is 6.54 Å². The summed E-state index contributed by atoms with van der Waals surface area (Å²) >= 11 is 0.655. The number of para-hydroxylation sites is 1. The van der Waals surface area contributed by atoms with Crippen LogP contribution in [0.4, 0.5) is 4.79 Å². The number of carbonyl (C=O) groups is 4. The van der Waals surface area contributed by atoms with Crippen LogP contribution in [0.2, 0.25) is 0 Å². The van der Waals surface area contributed by atoms with E-state index in [1.165, 1.54) is 20.1 Å². The molecule has 1 heterocycles. The van der Waals surface area contributed by atoms with Crippen molar-refractivity contribution in [3.63, 3.8) is 0 Å². The van der Waals surface area contributed by atoms with Crippen LogP contribution in [0.5, 0.6) is 11.5 Å². The van der Waals surface area contributed by atoms with Crippen LogP contribution in [-0.4, -0.2) is 60.0 Å². The molecule has 1 aromatic rings. The molecule has 27 heavy (non-hydrogen) atoms. The van der Waals surface area contributed by atoms with Crippen molar-refractivity contribution in [3.05, 3.63) is 28.7 Å². The molecule has 1 aliphatic rings. The Morgan fingerprint density at radius 2 is 2.00 bits per heavy atom. The largest absolute Gasteiger partial charge is 0.493 e. The second kappa shape index (κ2) is 8.58. The van der Waals surface area contributed by atoms with Gasteiger partial charge in [-0.25, -0.2) is 4.79 Å². The summed E-state index contributed by atoms with van der Waals surface area (Å²) in [5.74, 6) is -2.17. The minimum absolute atomic E-state index is 0.0602. The van der Waals surface area contributed by atoms with Gasteiger partial charge in [-0.2, -0.15) is 0 Å². The molecule has 0 saturated carbocycles.